The van der Waals surface area contributed by atoms with Gasteiger partial charge in [0.2, 0.25) is 0 Å². The van der Waals surface area contributed by atoms with Crippen LogP contribution >= 0.6 is 47.0 Å². The molecular weight excluding hydrogens is 403 g/mol. The van der Waals surface area contributed by atoms with Gasteiger partial charge in [0.25, 0.3) is 5.56 Å². The lowest BCUT2D eigenvalue weighted by atomic mass is 10.2. The standard InChI is InChI=1S/C17H13Cl3N2O2S/c1-8(2)24-15-7-14(11(19)6-12(15)20)22-16(23)10-5-9(18)3-4-13(10)21-17(22)25/h3-8H,1-2H3,(H,21,25). The van der Waals surface area contributed by atoms with Crippen molar-refractivity contribution >= 4 is 57.9 Å². The number of nitrogens with zero attached hydrogens (tertiary/aromatic N) is 1. The highest BCUT2D eigenvalue weighted by molar-refractivity contribution is 7.71. The number of fused-ring (bicyclic) bond motifs is 1. The Morgan fingerprint density at radius 2 is 1.84 bits per heavy atom. The van der Waals surface area contributed by atoms with Crippen molar-refractivity contribution in [3.8, 4) is 11.4 Å². The maximum absolute atomic E-state index is 13.0. The highest BCUT2D eigenvalue weighted by atomic mass is 35.5. The van der Waals surface area contributed by atoms with E-state index in [4.69, 9.17) is 51.8 Å². The van der Waals surface area contributed by atoms with E-state index in [1.807, 2.05) is 13.8 Å². The largest absolute Gasteiger partial charge is 0.489 e. The van der Waals surface area contributed by atoms with Gasteiger partial charge in [-0.2, -0.15) is 0 Å². The summed E-state index contributed by atoms with van der Waals surface area (Å²) in [6.45, 7) is 3.75. The summed E-state index contributed by atoms with van der Waals surface area (Å²) in [5.41, 5.74) is 0.648. The Kier molecular flexibility index (Phi) is 5.11. The summed E-state index contributed by atoms with van der Waals surface area (Å²) in [7, 11) is 0. The molecule has 0 aliphatic rings. The molecule has 130 valence electrons. The summed E-state index contributed by atoms with van der Waals surface area (Å²) >= 11 is 23.9. The molecule has 3 aromatic rings. The van der Waals surface area contributed by atoms with Crippen LogP contribution in [0.2, 0.25) is 15.1 Å². The van der Waals surface area contributed by atoms with Crippen LogP contribution in [-0.4, -0.2) is 15.7 Å². The third kappa shape index (κ3) is 3.55. The van der Waals surface area contributed by atoms with Gasteiger partial charge in [0.15, 0.2) is 4.77 Å². The third-order valence-electron chi connectivity index (χ3n) is 3.46. The number of aromatic amines is 1. The second kappa shape index (κ2) is 7.00. The fraction of sp³-hybridized carbons (Fsp3) is 0.176. The predicted octanol–water partition coefficient (Wildman–Crippen LogP) is 5.80. The average Bonchev–Trinajstić information content (AvgIpc) is 2.52. The number of rotatable bonds is 3. The summed E-state index contributed by atoms with van der Waals surface area (Å²) in [6, 6.07) is 8.10. The first-order chi connectivity index (χ1) is 11.8. The molecule has 0 spiro atoms. The molecule has 8 heteroatoms. The van der Waals surface area contributed by atoms with E-state index >= 15 is 0 Å². The van der Waals surface area contributed by atoms with Crippen LogP contribution in [0.25, 0.3) is 16.6 Å². The summed E-state index contributed by atoms with van der Waals surface area (Å²) in [5, 5.41) is 1.49. The maximum atomic E-state index is 13.0. The smallest absolute Gasteiger partial charge is 0.266 e. The van der Waals surface area contributed by atoms with E-state index in [0.717, 1.165) is 0 Å². The normalized spacial score (nSPS) is 11.3. The van der Waals surface area contributed by atoms with Crippen molar-refractivity contribution < 1.29 is 4.74 Å². The Bertz CT molecular complexity index is 1090. The molecule has 0 saturated heterocycles. The third-order valence-corrected chi connectivity index (χ3v) is 4.58. The second-order valence-corrected chi connectivity index (χ2v) is 7.30. The lowest BCUT2D eigenvalue weighted by molar-refractivity contribution is 0.242. The summed E-state index contributed by atoms with van der Waals surface area (Å²) in [6.07, 6.45) is -0.0896. The molecule has 0 fully saturated rings. The van der Waals surface area contributed by atoms with Crippen LogP contribution in [0.4, 0.5) is 0 Å². The van der Waals surface area contributed by atoms with E-state index in [1.165, 1.54) is 10.6 Å². The fourth-order valence-electron chi connectivity index (χ4n) is 2.44. The number of ether oxygens (including phenoxy) is 1. The van der Waals surface area contributed by atoms with Crippen molar-refractivity contribution in [2.24, 2.45) is 0 Å². The van der Waals surface area contributed by atoms with Gasteiger partial charge in [-0.1, -0.05) is 34.8 Å². The van der Waals surface area contributed by atoms with Crippen LogP contribution in [0, 0.1) is 4.77 Å². The molecule has 1 aromatic heterocycles. The number of hydrogen-bond acceptors (Lipinski definition) is 3. The Morgan fingerprint density at radius 3 is 2.52 bits per heavy atom. The van der Waals surface area contributed by atoms with Crippen molar-refractivity contribution in [1.29, 1.82) is 0 Å². The quantitative estimate of drug-likeness (QED) is 0.550. The molecule has 0 atom stereocenters. The Morgan fingerprint density at radius 1 is 1.12 bits per heavy atom. The minimum atomic E-state index is -0.332. The van der Waals surface area contributed by atoms with E-state index in [0.29, 0.717) is 32.4 Å². The molecule has 0 aliphatic carbocycles. The van der Waals surface area contributed by atoms with Crippen molar-refractivity contribution in [2.75, 3.05) is 0 Å². The molecule has 0 saturated carbocycles. The minimum Gasteiger partial charge on any atom is -0.489 e. The van der Waals surface area contributed by atoms with Crippen molar-refractivity contribution in [3.63, 3.8) is 0 Å². The monoisotopic (exact) mass is 414 g/mol. The second-order valence-electron chi connectivity index (χ2n) is 5.66. The molecule has 1 N–H and O–H groups in total. The van der Waals surface area contributed by atoms with Crippen LogP contribution in [0.5, 0.6) is 5.75 Å². The molecule has 2 aromatic carbocycles. The highest BCUT2D eigenvalue weighted by Gasteiger charge is 2.15. The molecule has 0 unspecified atom stereocenters. The molecule has 0 amide bonds. The van der Waals surface area contributed by atoms with Crippen molar-refractivity contribution in [3.05, 3.63) is 60.5 Å². The Labute approximate surface area is 163 Å². The molecule has 4 nitrogen and oxygen atoms in total. The van der Waals surface area contributed by atoms with E-state index in [2.05, 4.69) is 4.98 Å². The van der Waals surface area contributed by atoms with Crippen LogP contribution < -0.4 is 10.3 Å². The number of benzene rings is 2. The van der Waals surface area contributed by atoms with E-state index in [-0.39, 0.29) is 21.5 Å². The summed E-state index contributed by atoms with van der Waals surface area (Å²) < 4.78 is 7.19. The molecule has 0 bridgehead atoms. The highest BCUT2D eigenvalue weighted by Crippen LogP contribution is 2.33. The number of nitrogens with one attached hydrogen (secondary N) is 1. The minimum absolute atomic E-state index is 0.0896. The van der Waals surface area contributed by atoms with Crippen molar-refractivity contribution in [2.45, 2.75) is 20.0 Å². The van der Waals surface area contributed by atoms with Crippen molar-refractivity contribution in [1.82, 2.24) is 9.55 Å². The summed E-state index contributed by atoms with van der Waals surface area (Å²) in [4.78, 5) is 16.0. The first-order valence-electron chi connectivity index (χ1n) is 7.38. The SMILES string of the molecule is CC(C)Oc1cc(-n2c(=S)[nH]c3ccc(Cl)cc3c2=O)c(Cl)cc1Cl. The molecule has 1 heterocycles. The topological polar surface area (TPSA) is 47.0 Å². The first-order valence-corrected chi connectivity index (χ1v) is 8.93. The number of hydrogen-bond donors (Lipinski definition) is 1. The van der Waals surface area contributed by atoms with Crippen LogP contribution in [-0.2, 0) is 0 Å². The van der Waals surface area contributed by atoms with Crippen LogP contribution in [0.1, 0.15) is 13.8 Å². The molecule has 3 rings (SSSR count). The molecule has 25 heavy (non-hydrogen) atoms. The van der Waals surface area contributed by atoms with Gasteiger partial charge in [0, 0.05) is 11.1 Å². The van der Waals surface area contributed by atoms with Gasteiger partial charge in [-0.05, 0) is 50.3 Å². The van der Waals surface area contributed by atoms with Gasteiger partial charge in [-0.25, -0.2) is 0 Å². The van der Waals surface area contributed by atoms with Gasteiger partial charge in [0.1, 0.15) is 5.75 Å². The van der Waals surface area contributed by atoms with Gasteiger partial charge >= 0.3 is 0 Å². The lowest BCUT2D eigenvalue weighted by Gasteiger charge is -2.15. The Hall–Kier alpha value is -1.53. The summed E-state index contributed by atoms with van der Waals surface area (Å²) in [5.74, 6) is 0.420. The maximum Gasteiger partial charge on any atom is 0.266 e. The van der Waals surface area contributed by atoms with E-state index in [9.17, 15) is 4.79 Å². The van der Waals surface area contributed by atoms with Crippen LogP contribution in [0.3, 0.4) is 0 Å². The van der Waals surface area contributed by atoms with E-state index < -0.39 is 0 Å². The lowest BCUT2D eigenvalue weighted by Crippen LogP contribution is -2.21. The van der Waals surface area contributed by atoms with Gasteiger partial charge in [0.05, 0.1) is 32.7 Å². The zero-order chi connectivity index (χ0) is 18.3. The molecule has 0 aliphatic heterocycles. The fourth-order valence-corrected chi connectivity index (χ4v) is 3.41. The zero-order valence-electron chi connectivity index (χ0n) is 13.3. The van der Waals surface area contributed by atoms with Gasteiger partial charge in [-0.15, -0.1) is 0 Å². The number of halogens is 3. The van der Waals surface area contributed by atoms with Gasteiger partial charge in [-0.3, -0.25) is 9.36 Å². The predicted molar refractivity (Wildman–Crippen MR) is 106 cm³/mol. The van der Waals surface area contributed by atoms with E-state index in [1.54, 1.807) is 24.3 Å². The average molecular weight is 416 g/mol. The molecular formula is C17H13Cl3N2O2S. The number of aromatic nitrogens is 2. The van der Waals surface area contributed by atoms with Crippen LogP contribution in [0.15, 0.2) is 35.1 Å². The van der Waals surface area contributed by atoms with Gasteiger partial charge < -0.3 is 9.72 Å². The zero-order valence-corrected chi connectivity index (χ0v) is 16.4. The Balaban J connectivity index is 2.33. The number of H-pyrrole nitrogens is 1. The molecule has 0 radical (unpaired) electrons. The first kappa shape index (κ1) is 18.3.